The average Bonchev–Trinajstić information content (AvgIpc) is 2.64. The summed E-state index contributed by atoms with van der Waals surface area (Å²) in [5.74, 6) is -2.28. The SMILES string of the molecule is C[C@H](NC(=O)c1cc(-c2ccc(F)c(F)c2)ncn1)c1ccccc1. The Bertz CT molecular complexity index is 900. The van der Waals surface area contributed by atoms with Crippen LogP contribution in [0, 0.1) is 11.6 Å². The molecule has 25 heavy (non-hydrogen) atoms. The number of rotatable bonds is 4. The maximum atomic E-state index is 13.4. The highest BCUT2D eigenvalue weighted by atomic mass is 19.2. The third-order valence-corrected chi connectivity index (χ3v) is 3.76. The van der Waals surface area contributed by atoms with Gasteiger partial charge < -0.3 is 5.32 Å². The number of hydrogen-bond donors (Lipinski definition) is 1. The van der Waals surface area contributed by atoms with E-state index in [4.69, 9.17) is 0 Å². The number of aromatic nitrogens is 2. The molecule has 3 rings (SSSR count). The van der Waals surface area contributed by atoms with E-state index in [0.717, 1.165) is 17.7 Å². The molecule has 1 N–H and O–H groups in total. The van der Waals surface area contributed by atoms with Gasteiger partial charge in [-0.2, -0.15) is 0 Å². The van der Waals surface area contributed by atoms with E-state index < -0.39 is 11.6 Å². The second kappa shape index (κ2) is 7.17. The van der Waals surface area contributed by atoms with Crippen LogP contribution >= 0.6 is 0 Å². The van der Waals surface area contributed by atoms with Gasteiger partial charge in [-0.1, -0.05) is 30.3 Å². The van der Waals surface area contributed by atoms with E-state index in [-0.39, 0.29) is 17.6 Å². The largest absolute Gasteiger partial charge is 0.344 e. The summed E-state index contributed by atoms with van der Waals surface area (Å²) >= 11 is 0. The van der Waals surface area contributed by atoms with Gasteiger partial charge in [0.15, 0.2) is 11.6 Å². The number of carbonyl (C=O) groups is 1. The quantitative estimate of drug-likeness (QED) is 0.784. The lowest BCUT2D eigenvalue weighted by atomic mass is 10.1. The highest BCUT2D eigenvalue weighted by molar-refractivity contribution is 5.93. The molecule has 0 aliphatic carbocycles. The Hall–Kier alpha value is -3.15. The number of halogens is 2. The molecule has 2 aromatic carbocycles. The minimum absolute atomic E-state index is 0.150. The molecule has 0 radical (unpaired) electrons. The maximum Gasteiger partial charge on any atom is 0.270 e. The van der Waals surface area contributed by atoms with Crippen molar-refractivity contribution in [2.45, 2.75) is 13.0 Å². The van der Waals surface area contributed by atoms with Crippen LogP contribution in [0.25, 0.3) is 11.3 Å². The van der Waals surface area contributed by atoms with Crippen molar-refractivity contribution in [3.05, 3.63) is 83.8 Å². The summed E-state index contributed by atoms with van der Waals surface area (Å²) in [6.07, 6.45) is 1.22. The normalized spacial score (nSPS) is 11.8. The zero-order valence-electron chi connectivity index (χ0n) is 13.4. The Kier molecular flexibility index (Phi) is 4.79. The second-order valence-electron chi connectivity index (χ2n) is 5.52. The fourth-order valence-electron chi connectivity index (χ4n) is 2.39. The summed E-state index contributed by atoms with van der Waals surface area (Å²) in [4.78, 5) is 20.4. The van der Waals surface area contributed by atoms with Gasteiger partial charge in [-0.25, -0.2) is 18.7 Å². The molecule has 0 saturated heterocycles. The monoisotopic (exact) mass is 339 g/mol. The van der Waals surface area contributed by atoms with E-state index in [1.807, 2.05) is 37.3 Å². The molecule has 6 heteroatoms. The van der Waals surface area contributed by atoms with E-state index in [2.05, 4.69) is 15.3 Å². The lowest BCUT2D eigenvalue weighted by Gasteiger charge is -2.14. The number of nitrogens with one attached hydrogen (secondary N) is 1. The minimum Gasteiger partial charge on any atom is -0.344 e. The lowest BCUT2D eigenvalue weighted by molar-refractivity contribution is 0.0934. The van der Waals surface area contributed by atoms with Crippen molar-refractivity contribution in [3.63, 3.8) is 0 Å². The molecule has 0 fully saturated rings. The molecular weight excluding hydrogens is 324 g/mol. The number of nitrogens with zero attached hydrogens (tertiary/aromatic N) is 2. The zero-order valence-corrected chi connectivity index (χ0v) is 13.4. The third kappa shape index (κ3) is 3.85. The molecule has 0 spiro atoms. The maximum absolute atomic E-state index is 13.4. The molecular formula is C19H15F2N3O. The van der Waals surface area contributed by atoms with Crippen molar-refractivity contribution < 1.29 is 13.6 Å². The molecule has 0 bridgehead atoms. The van der Waals surface area contributed by atoms with Crippen molar-refractivity contribution in [1.82, 2.24) is 15.3 Å². The molecule has 1 amide bonds. The molecule has 0 aliphatic heterocycles. The highest BCUT2D eigenvalue weighted by Gasteiger charge is 2.14. The fraction of sp³-hybridized carbons (Fsp3) is 0.105. The molecule has 0 unspecified atom stereocenters. The van der Waals surface area contributed by atoms with Crippen LogP contribution in [-0.2, 0) is 0 Å². The van der Waals surface area contributed by atoms with Gasteiger partial charge in [0.1, 0.15) is 12.0 Å². The van der Waals surface area contributed by atoms with Crippen LogP contribution in [0.1, 0.15) is 29.0 Å². The van der Waals surface area contributed by atoms with Crippen LogP contribution in [0.15, 0.2) is 60.9 Å². The average molecular weight is 339 g/mol. The van der Waals surface area contributed by atoms with Gasteiger partial charge >= 0.3 is 0 Å². The van der Waals surface area contributed by atoms with Crippen LogP contribution in [0.2, 0.25) is 0 Å². The minimum atomic E-state index is -0.972. The van der Waals surface area contributed by atoms with Crippen LogP contribution in [0.4, 0.5) is 8.78 Å². The van der Waals surface area contributed by atoms with Crippen LogP contribution in [0.3, 0.4) is 0 Å². The Morgan fingerprint density at radius 1 is 1.00 bits per heavy atom. The molecule has 0 saturated carbocycles. The molecule has 4 nitrogen and oxygen atoms in total. The molecule has 1 heterocycles. The van der Waals surface area contributed by atoms with Gasteiger partial charge in [-0.15, -0.1) is 0 Å². The summed E-state index contributed by atoms with van der Waals surface area (Å²) in [5, 5.41) is 2.85. The standard InChI is InChI=1S/C19H15F2N3O/c1-12(13-5-3-2-4-6-13)24-19(25)18-10-17(22-11-23-18)14-7-8-15(20)16(21)9-14/h2-12H,1H3,(H,24,25)/t12-/m0/s1. The van der Waals surface area contributed by atoms with Gasteiger partial charge in [-0.05, 0) is 36.8 Å². The van der Waals surface area contributed by atoms with E-state index in [0.29, 0.717) is 11.3 Å². The highest BCUT2D eigenvalue weighted by Crippen LogP contribution is 2.20. The zero-order chi connectivity index (χ0) is 17.8. The van der Waals surface area contributed by atoms with E-state index >= 15 is 0 Å². The van der Waals surface area contributed by atoms with Gasteiger partial charge in [0.2, 0.25) is 0 Å². The topological polar surface area (TPSA) is 54.9 Å². The molecule has 0 aliphatic rings. The van der Waals surface area contributed by atoms with Crippen LogP contribution < -0.4 is 5.32 Å². The second-order valence-corrected chi connectivity index (χ2v) is 5.52. The first-order valence-corrected chi connectivity index (χ1v) is 7.68. The number of carbonyl (C=O) groups excluding carboxylic acids is 1. The van der Waals surface area contributed by atoms with E-state index in [1.54, 1.807) is 0 Å². The first-order chi connectivity index (χ1) is 12.0. The number of hydrogen-bond acceptors (Lipinski definition) is 3. The van der Waals surface area contributed by atoms with Crippen molar-refractivity contribution >= 4 is 5.91 Å². The van der Waals surface area contributed by atoms with Gasteiger partial charge in [0.25, 0.3) is 5.91 Å². The molecule has 1 atom stereocenters. The predicted octanol–water partition coefficient (Wildman–Crippen LogP) is 3.91. The van der Waals surface area contributed by atoms with E-state index in [1.165, 1.54) is 18.5 Å². The molecule has 3 aromatic rings. The summed E-state index contributed by atoms with van der Waals surface area (Å²) in [6, 6.07) is 14.2. The smallest absolute Gasteiger partial charge is 0.270 e. The Morgan fingerprint density at radius 2 is 1.76 bits per heavy atom. The predicted molar refractivity (Wildman–Crippen MR) is 89.7 cm³/mol. The Labute approximate surface area is 143 Å². The number of benzene rings is 2. The van der Waals surface area contributed by atoms with Crippen LogP contribution in [-0.4, -0.2) is 15.9 Å². The summed E-state index contributed by atoms with van der Waals surface area (Å²) < 4.78 is 26.4. The van der Waals surface area contributed by atoms with Gasteiger partial charge in [-0.3, -0.25) is 4.79 Å². The lowest BCUT2D eigenvalue weighted by Crippen LogP contribution is -2.27. The number of amides is 1. The van der Waals surface area contributed by atoms with Crippen molar-refractivity contribution in [1.29, 1.82) is 0 Å². The molecule has 1 aromatic heterocycles. The van der Waals surface area contributed by atoms with Gasteiger partial charge in [0.05, 0.1) is 11.7 Å². The fourth-order valence-corrected chi connectivity index (χ4v) is 2.39. The Morgan fingerprint density at radius 3 is 2.48 bits per heavy atom. The summed E-state index contributed by atoms with van der Waals surface area (Å²) in [6.45, 7) is 1.87. The third-order valence-electron chi connectivity index (χ3n) is 3.76. The van der Waals surface area contributed by atoms with Crippen molar-refractivity contribution in [2.24, 2.45) is 0 Å². The summed E-state index contributed by atoms with van der Waals surface area (Å²) in [5.41, 5.74) is 1.82. The first-order valence-electron chi connectivity index (χ1n) is 7.68. The Balaban J connectivity index is 1.81. The van der Waals surface area contributed by atoms with Crippen molar-refractivity contribution in [3.8, 4) is 11.3 Å². The molecule has 126 valence electrons. The van der Waals surface area contributed by atoms with Crippen LogP contribution in [0.5, 0.6) is 0 Å². The first kappa shape index (κ1) is 16.7. The van der Waals surface area contributed by atoms with Gasteiger partial charge in [0, 0.05) is 5.56 Å². The van der Waals surface area contributed by atoms with Crippen molar-refractivity contribution in [2.75, 3.05) is 0 Å². The van der Waals surface area contributed by atoms with E-state index in [9.17, 15) is 13.6 Å². The summed E-state index contributed by atoms with van der Waals surface area (Å²) in [7, 11) is 0.